The van der Waals surface area contributed by atoms with E-state index in [-0.39, 0.29) is 17.0 Å². The van der Waals surface area contributed by atoms with Crippen LogP contribution in [0.2, 0.25) is 0 Å². The van der Waals surface area contributed by atoms with E-state index in [1.54, 1.807) is 19.0 Å². The lowest BCUT2D eigenvalue weighted by molar-refractivity contribution is -0.384. The van der Waals surface area contributed by atoms with Crippen molar-refractivity contribution in [2.45, 2.75) is 13.0 Å². The number of amides is 2. The van der Waals surface area contributed by atoms with E-state index in [2.05, 4.69) is 10.9 Å². The molecule has 10 heteroatoms. The molecule has 0 aliphatic carbocycles. The second-order valence-corrected chi connectivity index (χ2v) is 6.01. The van der Waals surface area contributed by atoms with Gasteiger partial charge in [-0.05, 0) is 43.3 Å². The summed E-state index contributed by atoms with van der Waals surface area (Å²) >= 11 is 0. The summed E-state index contributed by atoms with van der Waals surface area (Å²) in [5.74, 6) is -1.54. The van der Waals surface area contributed by atoms with E-state index in [1.807, 2.05) is 0 Å². The van der Waals surface area contributed by atoms with Crippen LogP contribution in [-0.4, -0.2) is 36.9 Å². The van der Waals surface area contributed by atoms with Crippen molar-refractivity contribution in [3.63, 3.8) is 0 Å². The number of hydrogen-bond donors (Lipinski definition) is 2. The molecule has 0 aliphatic rings. The van der Waals surface area contributed by atoms with Crippen molar-refractivity contribution in [1.29, 1.82) is 0 Å². The largest absolute Gasteiger partial charge is 0.481 e. The number of halogens is 1. The fourth-order valence-corrected chi connectivity index (χ4v) is 2.25. The van der Waals surface area contributed by atoms with Crippen LogP contribution in [0.4, 0.5) is 15.8 Å². The third kappa shape index (κ3) is 5.16. The van der Waals surface area contributed by atoms with Gasteiger partial charge < -0.3 is 9.64 Å². The Morgan fingerprint density at radius 2 is 1.79 bits per heavy atom. The topological polar surface area (TPSA) is 114 Å². The quantitative estimate of drug-likeness (QED) is 0.576. The molecule has 2 amide bonds. The van der Waals surface area contributed by atoms with Crippen LogP contribution in [0, 0.1) is 15.9 Å². The van der Waals surface area contributed by atoms with E-state index in [0.29, 0.717) is 5.69 Å². The number of nitro groups is 1. The first kappa shape index (κ1) is 20.6. The number of nitrogens with zero attached hydrogens (tertiary/aromatic N) is 2. The number of nitro benzene ring substituents is 1. The van der Waals surface area contributed by atoms with Gasteiger partial charge in [-0.25, -0.2) is 4.39 Å². The number of benzene rings is 2. The van der Waals surface area contributed by atoms with Gasteiger partial charge in [-0.2, -0.15) is 0 Å². The van der Waals surface area contributed by atoms with Crippen LogP contribution in [0.1, 0.15) is 17.3 Å². The lowest BCUT2D eigenvalue weighted by Crippen LogP contribution is -2.47. The molecular formula is C18H19FN4O5. The Kier molecular flexibility index (Phi) is 6.48. The normalized spacial score (nSPS) is 11.3. The lowest BCUT2D eigenvalue weighted by Gasteiger charge is -2.16. The second kappa shape index (κ2) is 8.80. The standard InChI is InChI=1S/C18H19FN4O5/c1-11(28-14-7-5-13(19)6-8-14)17(24)20-21-18(25)12-4-9-15(22(2)3)16(10-12)23(26)27/h4-11H,1-3H3,(H,20,24)(H,21,25). The highest BCUT2D eigenvalue weighted by Crippen LogP contribution is 2.27. The molecule has 0 aromatic heterocycles. The summed E-state index contributed by atoms with van der Waals surface area (Å²) in [6.45, 7) is 1.45. The monoisotopic (exact) mass is 390 g/mol. The molecule has 2 rings (SSSR count). The van der Waals surface area contributed by atoms with Crippen molar-refractivity contribution >= 4 is 23.2 Å². The average molecular weight is 390 g/mol. The number of anilines is 1. The Labute approximate surface area is 160 Å². The van der Waals surface area contributed by atoms with E-state index < -0.39 is 28.7 Å². The first-order valence-corrected chi connectivity index (χ1v) is 8.17. The summed E-state index contributed by atoms with van der Waals surface area (Å²) in [7, 11) is 3.29. The number of hydrazine groups is 1. The van der Waals surface area contributed by atoms with Gasteiger partial charge >= 0.3 is 0 Å². The third-order valence-corrected chi connectivity index (χ3v) is 3.71. The van der Waals surface area contributed by atoms with Crippen LogP contribution in [0.5, 0.6) is 5.75 Å². The zero-order valence-corrected chi connectivity index (χ0v) is 15.4. The number of hydrogen-bond acceptors (Lipinski definition) is 6. The zero-order valence-electron chi connectivity index (χ0n) is 15.4. The van der Waals surface area contributed by atoms with Gasteiger partial charge in [-0.3, -0.25) is 30.6 Å². The van der Waals surface area contributed by atoms with Gasteiger partial charge in [0.25, 0.3) is 17.5 Å². The fourth-order valence-electron chi connectivity index (χ4n) is 2.25. The summed E-state index contributed by atoms with van der Waals surface area (Å²) in [5.41, 5.74) is 4.46. The molecule has 28 heavy (non-hydrogen) atoms. The van der Waals surface area contributed by atoms with E-state index in [4.69, 9.17) is 4.74 Å². The summed E-state index contributed by atoms with van der Waals surface area (Å²) in [4.78, 5) is 36.4. The van der Waals surface area contributed by atoms with Crippen molar-refractivity contribution < 1.29 is 23.6 Å². The highest BCUT2D eigenvalue weighted by molar-refractivity contribution is 5.97. The second-order valence-electron chi connectivity index (χ2n) is 6.01. The highest BCUT2D eigenvalue weighted by Gasteiger charge is 2.20. The van der Waals surface area contributed by atoms with Crippen LogP contribution in [0.3, 0.4) is 0 Å². The van der Waals surface area contributed by atoms with Gasteiger partial charge in [-0.1, -0.05) is 0 Å². The number of carbonyl (C=O) groups excluding carboxylic acids is 2. The van der Waals surface area contributed by atoms with E-state index in [0.717, 1.165) is 6.07 Å². The first-order valence-electron chi connectivity index (χ1n) is 8.17. The molecule has 1 unspecified atom stereocenters. The van der Waals surface area contributed by atoms with Gasteiger partial charge in [0.1, 0.15) is 17.3 Å². The molecule has 0 heterocycles. The van der Waals surface area contributed by atoms with Gasteiger partial charge in [0.15, 0.2) is 6.10 Å². The van der Waals surface area contributed by atoms with Crippen molar-refractivity contribution in [3.8, 4) is 5.75 Å². The highest BCUT2D eigenvalue weighted by atomic mass is 19.1. The molecule has 0 fully saturated rings. The minimum absolute atomic E-state index is 0.00436. The predicted molar refractivity (Wildman–Crippen MR) is 99.5 cm³/mol. The van der Waals surface area contributed by atoms with Crippen molar-refractivity contribution in [3.05, 3.63) is 64.0 Å². The molecule has 0 spiro atoms. The number of carbonyl (C=O) groups is 2. The van der Waals surface area contributed by atoms with Crippen LogP contribution in [0.15, 0.2) is 42.5 Å². The number of nitrogens with one attached hydrogen (secondary N) is 2. The Morgan fingerprint density at radius 3 is 2.36 bits per heavy atom. The van der Waals surface area contributed by atoms with Gasteiger partial charge in [0, 0.05) is 25.7 Å². The Morgan fingerprint density at radius 1 is 1.14 bits per heavy atom. The SMILES string of the molecule is CC(Oc1ccc(F)cc1)C(=O)NNC(=O)c1ccc(N(C)C)c([N+](=O)[O-])c1. The molecule has 0 radical (unpaired) electrons. The van der Waals surface area contributed by atoms with Crippen LogP contribution < -0.4 is 20.5 Å². The molecule has 9 nitrogen and oxygen atoms in total. The third-order valence-electron chi connectivity index (χ3n) is 3.71. The predicted octanol–water partition coefficient (Wildman–Crippen LogP) is 2.03. The summed E-state index contributed by atoms with van der Waals surface area (Å²) in [6.07, 6.45) is -0.976. The molecule has 0 bridgehead atoms. The molecule has 2 aromatic rings. The van der Waals surface area contributed by atoms with Crippen LogP contribution in [-0.2, 0) is 4.79 Å². The summed E-state index contributed by atoms with van der Waals surface area (Å²) in [6, 6.07) is 9.07. The lowest BCUT2D eigenvalue weighted by atomic mass is 10.1. The molecule has 0 saturated heterocycles. The molecule has 2 aromatic carbocycles. The van der Waals surface area contributed by atoms with Crippen molar-refractivity contribution in [2.75, 3.05) is 19.0 Å². The van der Waals surface area contributed by atoms with Crippen LogP contribution in [0.25, 0.3) is 0 Å². The van der Waals surface area contributed by atoms with E-state index >= 15 is 0 Å². The van der Waals surface area contributed by atoms with E-state index in [9.17, 15) is 24.1 Å². The zero-order chi connectivity index (χ0) is 20.8. The van der Waals surface area contributed by atoms with Crippen molar-refractivity contribution in [2.24, 2.45) is 0 Å². The molecular weight excluding hydrogens is 371 g/mol. The average Bonchev–Trinajstić information content (AvgIpc) is 2.66. The van der Waals surface area contributed by atoms with E-state index in [1.165, 1.54) is 43.3 Å². The Balaban J connectivity index is 1.99. The number of rotatable bonds is 6. The maximum absolute atomic E-state index is 12.9. The maximum atomic E-state index is 12.9. The molecule has 0 aliphatic heterocycles. The smallest absolute Gasteiger partial charge is 0.293 e. The van der Waals surface area contributed by atoms with Crippen LogP contribution >= 0.6 is 0 Å². The first-order chi connectivity index (χ1) is 13.2. The molecule has 1 atom stereocenters. The summed E-state index contributed by atoms with van der Waals surface area (Å²) < 4.78 is 18.2. The molecule has 148 valence electrons. The molecule has 2 N–H and O–H groups in total. The summed E-state index contributed by atoms with van der Waals surface area (Å²) in [5, 5.41) is 11.2. The minimum Gasteiger partial charge on any atom is -0.481 e. The minimum atomic E-state index is -0.976. The fraction of sp³-hybridized carbons (Fsp3) is 0.222. The number of ether oxygens (including phenoxy) is 1. The van der Waals surface area contributed by atoms with Gasteiger partial charge in [0.2, 0.25) is 0 Å². The van der Waals surface area contributed by atoms with Crippen molar-refractivity contribution in [1.82, 2.24) is 10.9 Å². The van der Waals surface area contributed by atoms with Gasteiger partial charge in [0.05, 0.1) is 4.92 Å². The molecule has 0 saturated carbocycles. The Hall–Kier alpha value is -3.69. The van der Waals surface area contributed by atoms with Gasteiger partial charge in [-0.15, -0.1) is 0 Å². The Bertz CT molecular complexity index is 886. The maximum Gasteiger partial charge on any atom is 0.293 e.